The molecule has 0 spiro atoms. The fourth-order valence-electron chi connectivity index (χ4n) is 4.44. The Morgan fingerprint density at radius 3 is 2.88 bits per heavy atom. The molecule has 1 fully saturated rings. The van der Waals surface area contributed by atoms with Gasteiger partial charge in [-0.1, -0.05) is 12.1 Å². The van der Waals surface area contributed by atoms with Crippen LogP contribution in [0, 0.1) is 6.92 Å². The average Bonchev–Trinajstić information content (AvgIpc) is 3.58. The van der Waals surface area contributed by atoms with E-state index >= 15 is 0 Å². The number of aryl methyl sites for hydroxylation is 2. The predicted molar refractivity (Wildman–Crippen MR) is 126 cm³/mol. The third kappa shape index (κ3) is 4.58. The van der Waals surface area contributed by atoms with Gasteiger partial charge in [-0.15, -0.1) is 11.3 Å². The number of carbonyl (C=O) groups is 2. The summed E-state index contributed by atoms with van der Waals surface area (Å²) in [6.45, 7) is 2.73. The number of aromatic nitrogens is 1. The molecule has 1 saturated heterocycles. The van der Waals surface area contributed by atoms with Crippen LogP contribution in [-0.2, 0) is 28.9 Å². The van der Waals surface area contributed by atoms with Crippen molar-refractivity contribution in [2.45, 2.75) is 58.1 Å². The van der Waals surface area contributed by atoms with Crippen molar-refractivity contribution < 1.29 is 18.7 Å². The van der Waals surface area contributed by atoms with Crippen molar-refractivity contribution in [1.29, 1.82) is 0 Å². The van der Waals surface area contributed by atoms with E-state index in [2.05, 4.69) is 21.0 Å². The van der Waals surface area contributed by atoms with Gasteiger partial charge in [0.05, 0.1) is 22.7 Å². The van der Waals surface area contributed by atoms with Crippen LogP contribution < -0.4 is 10.6 Å². The summed E-state index contributed by atoms with van der Waals surface area (Å²) in [5.74, 6) is 0.832. The molecule has 0 radical (unpaired) electrons. The molecule has 0 unspecified atom stereocenters. The monoisotopic (exact) mass is 465 g/mol. The van der Waals surface area contributed by atoms with Crippen molar-refractivity contribution in [3.63, 3.8) is 0 Å². The van der Waals surface area contributed by atoms with Gasteiger partial charge in [-0.3, -0.25) is 9.59 Å². The maximum atomic E-state index is 12.8. The molecule has 0 saturated carbocycles. The molecule has 8 heteroatoms. The molecule has 1 aliphatic heterocycles. The summed E-state index contributed by atoms with van der Waals surface area (Å²) in [5, 5.41) is 8.06. The van der Waals surface area contributed by atoms with E-state index in [-0.39, 0.29) is 18.4 Å². The minimum absolute atomic E-state index is 0.0590. The molecule has 3 aromatic rings. The summed E-state index contributed by atoms with van der Waals surface area (Å²) in [6.07, 6.45) is 5.57. The second kappa shape index (κ2) is 9.49. The Morgan fingerprint density at radius 2 is 2.03 bits per heavy atom. The fourth-order valence-corrected chi connectivity index (χ4v) is 5.51. The standard InChI is InChI=1S/C25H27N3O4S/c1-15-20(13-26-24(30)22-17-8-3-2-7-16(17)14-33-22)28-25(32-15)18-9-4-5-10-19(18)27-23(29)21-11-6-12-31-21/h4-5,9-10,14,21H,2-3,6-8,11-13H2,1H3,(H,26,30)(H,27,29)/t21-/m0/s1. The molecule has 2 amide bonds. The number of hydrogen-bond acceptors (Lipinski definition) is 6. The van der Waals surface area contributed by atoms with Crippen LogP contribution in [0.2, 0.25) is 0 Å². The molecule has 1 atom stereocenters. The third-order valence-corrected chi connectivity index (χ3v) is 7.33. The largest absolute Gasteiger partial charge is 0.441 e. The van der Waals surface area contributed by atoms with E-state index in [9.17, 15) is 9.59 Å². The molecule has 172 valence electrons. The van der Waals surface area contributed by atoms with Gasteiger partial charge in [0.2, 0.25) is 5.89 Å². The van der Waals surface area contributed by atoms with Gasteiger partial charge < -0.3 is 19.8 Å². The third-order valence-electron chi connectivity index (χ3n) is 6.26. The summed E-state index contributed by atoms with van der Waals surface area (Å²) in [7, 11) is 0. The van der Waals surface area contributed by atoms with Crippen molar-refractivity contribution in [2.24, 2.45) is 0 Å². The molecule has 2 aromatic heterocycles. The quantitative estimate of drug-likeness (QED) is 0.553. The maximum Gasteiger partial charge on any atom is 0.261 e. The molecule has 0 bridgehead atoms. The van der Waals surface area contributed by atoms with Gasteiger partial charge in [-0.25, -0.2) is 4.98 Å². The first-order chi connectivity index (χ1) is 16.1. The van der Waals surface area contributed by atoms with E-state index in [1.54, 1.807) is 0 Å². The first-order valence-electron chi connectivity index (χ1n) is 11.5. The second-order valence-electron chi connectivity index (χ2n) is 8.52. The van der Waals surface area contributed by atoms with Gasteiger partial charge in [0, 0.05) is 6.61 Å². The number of rotatable bonds is 6. The van der Waals surface area contributed by atoms with Crippen LogP contribution in [0.5, 0.6) is 0 Å². The number of thiophene rings is 1. The predicted octanol–water partition coefficient (Wildman–Crippen LogP) is 4.64. The number of nitrogens with zero attached hydrogens (tertiary/aromatic N) is 1. The van der Waals surface area contributed by atoms with Crippen LogP contribution in [0.25, 0.3) is 11.5 Å². The SMILES string of the molecule is Cc1oc(-c2ccccc2NC(=O)[C@@H]2CCCO2)nc1CNC(=O)c1scc2c1CCCC2. The number of ether oxygens (including phenoxy) is 1. The Bertz CT molecular complexity index is 1180. The average molecular weight is 466 g/mol. The van der Waals surface area contributed by atoms with Crippen LogP contribution in [0.4, 0.5) is 5.69 Å². The van der Waals surface area contributed by atoms with Crippen LogP contribution in [0.3, 0.4) is 0 Å². The van der Waals surface area contributed by atoms with Crippen LogP contribution in [0.15, 0.2) is 34.1 Å². The maximum absolute atomic E-state index is 12.8. The Balaban J connectivity index is 1.30. The number of anilines is 1. The lowest BCUT2D eigenvalue weighted by Gasteiger charge is -2.12. The minimum Gasteiger partial charge on any atom is -0.441 e. The van der Waals surface area contributed by atoms with Crippen molar-refractivity contribution in [1.82, 2.24) is 10.3 Å². The molecule has 1 aliphatic carbocycles. The molecule has 3 heterocycles. The fraction of sp³-hybridized carbons (Fsp3) is 0.400. The minimum atomic E-state index is -0.418. The van der Waals surface area contributed by atoms with Gasteiger partial charge in [0.15, 0.2) is 0 Å². The summed E-state index contributed by atoms with van der Waals surface area (Å²) in [6, 6.07) is 7.41. The summed E-state index contributed by atoms with van der Waals surface area (Å²) < 4.78 is 11.4. The molecule has 5 rings (SSSR count). The van der Waals surface area contributed by atoms with Crippen LogP contribution in [-0.4, -0.2) is 29.5 Å². The zero-order valence-corrected chi connectivity index (χ0v) is 19.4. The highest BCUT2D eigenvalue weighted by atomic mass is 32.1. The normalized spacial score (nSPS) is 17.5. The Hall–Kier alpha value is -2.97. The van der Waals surface area contributed by atoms with Gasteiger partial charge in [0.25, 0.3) is 11.8 Å². The highest BCUT2D eigenvalue weighted by Gasteiger charge is 2.25. The van der Waals surface area contributed by atoms with Crippen molar-refractivity contribution >= 4 is 28.8 Å². The Morgan fingerprint density at radius 1 is 1.18 bits per heavy atom. The first kappa shape index (κ1) is 21.9. The van der Waals surface area contributed by atoms with Gasteiger partial charge in [0.1, 0.15) is 17.6 Å². The lowest BCUT2D eigenvalue weighted by atomic mass is 9.94. The zero-order chi connectivity index (χ0) is 22.8. The van der Waals surface area contributed by atoms with Crippen molar-refractivity contribution in [3.8, 4) is 11.5 Å². The number of hydrogen-bond donors (Lipinski definition) is 2. The van der Waals surface area contributed by atoms with Crippen molar-refractivity contribution in [2.75, 3.05) is 11.9 Å². The van der Waals surface area contributed by atoms with E-state index in [1.165, 1.54) is 28.9 Å². The van der Waals surface area contributed by atoms with Gasteiger partial charge >= 0.3 is 0 Å². The number of carbonyl (C=O) groups excluding carboxylic acids is 2. The van der Waals surface area contributed by atoms with E-state index in [4.69, 9.17) is 9.15 Å². The number of benzene rings is 1. The molecule has 2 aliphatic rings. The van der Waals surface area contributed by atoms with Crippen LogP contribution >= 0.6 is 11.3 Å². The molecular weight excluding hydrogens is 438 g/mol. The Labute approximate surface area is 196 Å². The first-order valence-corrected chi connectivity index (χ1v) is 12.3. The topological polar surface area (TPSA) is 93.5 Å². The molecule has 7 nitrogen and oxygen atoms in total. The zero-order valence-electron chi connectivity index (χ0n) is 18.6. The van der Waals surface area contributed by atoms with E-state index < -0.39 is 6.10 Å². The highest BCUT2D eigenvalue weighted by molar-refractivity contribution is 7.12. The van der Waals surface area contributed by atoms with Crippen LogP contribution in [0.1, 0.15) is 57.9 Å². The lowest BCUT2D eigenvalue weighted by molar-refractivity contribution is -0.124. The summed E-state index contributed by atoms with van der Waals surface area (Å²) >= 11 is 1.53. The molecule has 1 aromatic carbocycles. The van der Waals surface area contributed by atoms with E-state index in [1.807, 2.05) is 31.2 Å². The number of nitrogens with one attached hydrogen (secondary N) is 2. The smallest absolute Gasteiger partial charge is 0.261 e. The summed E-state index contributed by atoms with van der Waals surface area (Å²) in [4.78, 5) is 30.8. The van der Waals surface area contributed by atoms with E-state index in [0.717, 1.165) is 37.0 Å². The number of fused-ring (bicyclic) bond motifs is 1. The summed E-state index contributed by atoms with van der Waals surface area (Å²) in [5.41, 5.74) is 4.51. The van der Waals surface area contributed by atoms with E-state index in [0.29, 0.717) is 35.2 Å². The van der Waals surface area contributed by atoms with Gasteiger partial charge in [-0.2, -0.15) is 0 Å². The second-order valence-corrected chi connectivity index (χ2v) is 9.40. The highest BCUT2D eigenvalue weighted by Crippen LogP contribution is 2.31. The van der Waals surface area contributed by atoms with Crippen molar-refractivity contribution in [3.05, 3.63) is 57.1 Å². The number of amides is 2. The molecule has 33 heavy (non-hydrogen) atoms. The number of oxazole rings is 1. The Kier molecular flexibility index (Phi) is 6.28. The molecule has 2 N–H and O–H groups in total. The number of para-hydroxylation sites is 1. The van der Waals surface area contributed by atoms with Gasteiger partial charge in [-0.05, 0) is 74.1 Å². The molecular formula is C25H27N3O4S. The lowest BCUT2D eigenvalue weighted by Crippen LogP contribution is -2.27.